The van der Waals surface area contributed by atoms with Gasteiger partial charge in [0.2, 0.25) is 0 Å². The van der Waals surface area contributed by atoms with Crippen molar-refractivity contribution >= 4 is 23.1 Å². The second-order valence-corrected chi connectivity index (χ2v) is 7.27. The van der Waals surface area contributed by atoms with Crippen molar-refractivity contribution in [3.8, 4) is 5.75 Å². The molecule has 8 heteroatoms. The highest BCUT2D eigenvalue weighted by molar-refractivity contribution is 6.07. The van der Waals surface area contributed by atoms with Crippen LogP contribution < -0.4 is 10.1 Å². The highest BCUT2D eigenvalue weighted by Crippen LogP contribution is 2.38. The first-order valence-corrected chi connectivity index (χ1v) is 9.91. The van der Waals surface area contributed by atoms with Crippen LogP contribution in [-0.4, -0.2) is 30.4 Å². The number of hydrogen-bond acceptors (Lipinski definition) is 7. The number of nitrogens with one attached hydrogen (secondary N) is 1. The highest BCUT2D eigenvalue weighted by atomic mass is 16.6. The number of rotatable bonds is 7. The molecule has 1 N–H and O–H groups in total. The van der Waals surface area contributed by atoms with Gasteiger partial charge in [-0.25, -0.2) is 0 Å². The Labute approximate surface area is 180 Å². The molecule has 31 heavy (non-hydrogen) atoms. The number of ketones is 1. The molecular weight excluding hydrogens is 400 g/mol. The number of non-ortho nitro benzene ring substituents is 1. The molecule has 0 bridgehead atoms. The van der Waals surface area contributed by atoms with Gasteiger partial charge in [0.25, 0.3) is 5.69 Å². The van der Waals surface area contributed by atoms with Gasteiger partial charge < -0.3 is 14.8 Å². The molecule has 1 aliphatic rings. The quantitative estimate of drug-likeness (QED) is 0.308. The molecule has 2 aromatic rings. The van der Waals surface area contributed by atoms with Crippen molar-refractivity contribution in [1.29, 1.82) is 0 Å². The molecule has 0 saturated carbocycles. The standard InChI is InChI=1S/C23H24N2O6/c1-4-31-23(27)22-19(15-6-5-7-18(10-15)30-3)11-16(12-21(22)26)24-20-13-17(25(28)29)9-8-14(20)2/h5-10,12-13,19,22,24H,4,11H2,1-3H3/t19-,22+/m0/s1. The molecule has 0 aromatic heterocycles. The van der Waals surface area contributed by atoms with Crippen LogP contribution in [-0.2, 0) is 14.3 Å². The number of carbonyl (C=O) groups excluding carboxylic acids is 2. The smallest absolute Gasteiger partial charge is 0.317 e. The van der Waals surface area contributed by atoms with E-state index in [9.17, 15) is 19.7 Å². The Hall–Kier alpha value is -3.68. The van der Waals surface area contributed by atoms with Crippen LogP contribution in [0.4, 0.5) is 11.4 Å². The molecule has 0 aliphatic heterocycles. The average Bonchev–Trinajstić information content (AvgIpc) is 2.74. The summed E-state index contributed by atoms with van der Waals surface area (Å²) in [6.45, 7) is 3.69. The molecular formula is C23H24N2O6. The lowest BCUT2D eigenvalue weighted by Gasteiger charge is -2.30. The summed E-state index contributed by atoms with van der Waals surface area (Å²) in [5, 5.41) is 14.3. The predicted molar refractivity (Wildman–Crippen MR) is 115 cm³/mol. The second kappa shape index (κ2) is 9.42. The molecule has 0 heterocycles. The van der Waals surface area contributed by atoms with Gasteiger partial charge in [0.05, 0.1) is 18.6 Å². The van der Waals surface area contributed by atoms with Crippen molar-refractivity contribution in [2.75, 3.05) is 19.0 Å². The monoisotopic (exact) mass is 424 g/mol. The summed E-state index contributed by atoms with van der Waals surface area (Å²) in [6.07, 6.45) is 1.74. The Bertz CT molecular complexity index is 1050. The van der Waals surface area contributed by atoms with Crippen molar-refractivity contribution in [1.82, 2.24) is 0 Å². The first-order chi connectivity index (χ1) is 14.8. The third-order valence-corrected chi connectivity index (χ3v) is 5.25. The van der Waals surface area contributed by atoms with E-state index in [0.29, 0.717) is 23.6 Å². The SMILES string of the molecule is CCOC(=O)[C@H]1C(=O)C=C(Nc2cc([N+](=O)[O-])ccc2C)C[C@H]1c1cccc(OC)c1. The summed E-state index contributed by atoms with van der Waals surface area (Å²) < 4.78 is 10.5. The van der Waals surface area contributed by atoms with Crippen LogP contribution in [0.5, 0.6) is 5.75 Å². The van der Waals surface area contributed by atoms with Gasteiger partial charge in [-0.2, -0.15) is 0 Å². The average molecular weight is 424 g/mol. The van der Waals surface area contributed by atoms with Crippen LogP contribution in [0, 0.1) is 23.0 Å². The summed E-state index contributed by atoms with van der Waals surface area (Å²) in [4.78, 5) is 36.2. The van der Waals surface area contributed by atoms with Gasteiger partial charge >= 0.3 is 5.97 Å². The van der Waals surface area contributed by atoms with Crippen molar-refractivity contribution in [2.24, 2.45) is 5.92 Å². The minimum absolute atomic E-state index is 0.0513. The number of aryl methyl sites for hydroxylation is 1. The van der Waals surface area contributed by atoms with E-state index in [2.05, 4.69) is 5.32 Å². The number of carbonyl (C=O) groups is 2. The number of anilines is 1. The van der Waals surface area contributed by atoms with Crippen LogP contribution in [0.15, 0.2) is 54.2 Å². The van der Waals surface area contributed by atoms with E-state index < -0.39 is 22.7 Å². The molecule has 0 spiro atoms. The van der Waals surface area contributed by atoms with Crippen LogP contribution in [0.2, 0.25) is 0 Å². The van der Waals surface area contributed by atoms with E-state index >= 15 is 0 Å². The minimum atomic E-state index is -0.969. The van der Waals surface area contributed by atoms with Gasteiger partial charge in [0.1, 0.15) is 11.7 Å². The topological polar surface area (TPSA) is 108 Å². The molecule has 0 saturated heterocycles. The molecule has 1 aliphatic carbocycles. The van der Waals surface area contributed by atoms with E-state index in [1.807, 2.05) is 13.0 Å². The number of benzene rings is 2. The third-order valence-electron chi connectivity index (χ3n) is 5.25. The maximum atomic E-state index is 13.0. The van der Waals surface area contributed by atoms with Gasteiger partial charge in [-0.3, -0.25) is 19.7 Å². The Kier molecular flexibility index (Phi) is 6.69. The Morgan fingerprint density at radius 2 is 2.03 bits per heavy atom. The number of nitro groups is 1. The fourth-order valence-corrected chi connectivity index (χ4v) is 3.69. The summed E-state index contributed by atoms with van der Waals surface area (Å²) in [7, 11) is 1.55. The number of nitrogens with zero attached hydrogens (tertiary/aromatic N) is 1. The maximum absolute atomic E-state index is 13.0. The molecule has 2 aromatic carbocycles. The van der Waals surface area contributed by atoms with Crippen molar-refractivity contribution in [2.45, 2.75) is 26.2 Å². The molecule has 0 amide bonds. The zero-order chi connectivity index (χ0) is 22.5. The summed E-state index contributed by atoms with van der Waals surface area (Å²) in [5.41, 5.74) is 2.62. The normalized spacial score (nSPS) is 18.2. The third kappa shape index (κ3) is 4.91. The number of allylic oxidation sites excluding steroid dienone is 2. The van der Waals surface area contributed by atoms with Crippen LogP contribution in [0.1, 0.15) is 30.4 Å². The van der Waals surface area contributed by atoms with Crippen molar-refractivity contribution in [3.05, 3.63) is 75.5 Å². The van der Waals surface area contributed by atoms with Crippen LogP contribution in [0.3, 0.4) is 0 Å². The predicted octanol–water partition coefficient (Wildman–Crippen LogP) is 4.14. The molecule has 162 valence electrons. The fraction of sp³-hybridized carbons (Fsp3) is 0.304. The van der Waals surface area contributed by atoms with Crippen molar-refractivity contribution < 1.29 is 24.0 Å². The first-order valence-electron chi connectivity index (χ1n) is 9.91. The molecule has 0 unspecified atom stereocenters. The van der Waals surface area contributed by atoms with Crippen molar-refractivity contribution in [3.63, 3.8) is 0 Å². The summed E-state index contributed by atoms with van der Waals surface area (Å²) >= 11 is 0. The number of esters is 1. The van der Waals surface area contributed by atoms with Crippen LogP contribution >= 0.6 is 0 Å². The second-order valence-electron chi connectivity index (χ2n) is 7.27. The van der Waals surface area contributed by atoms with E-state index in [4.69, 9.17) is 9.47 Å². The molecule has 0 fully saturated rings. The van der Waals surface area contributed by atoms with E-state index in [-0.39, 0.29) is 18.1 Å². The van der Waals surface area contributed by atoms with Gasteiger partial charge in [-0.15, -0.1) is 0 Å². The minimum Gasteiger partial charge on any atom is -0.497 e. The Morgan fingerprint density at radius 3 is 2.71 bits per heavy atom. The number of nitro benzene ring substituents is 1. The van der Waals surface area contributed by atoms with Gasteiger partial charge in [0, 0.05) is 35.5 Å². The largest absolute Gasteiger partial charge is 0.497 e. The maximum Gasteiger partial charge on any atom is 0.317 e. The zero-order valence-electron chi connectivity index (χ0n) is 17.6. The lowest BCUT2D eigenvalue weighted by atomic mass is 9.76. The summed E-state index contributed by atoms with van der Waals surface area (Å²) in [6, 6.07) is 11.7. The molecule has 3 rings (SSSR count). The van der Waals surface area contributed by atoms with Gasteiger partial charge in [-0.1, -0.05) is 18.2 Å². The van der Waals surface area contributed by atoms with E-state index in [0.717, 1.165) is 11.1 Å². The van der Waals surface area contributed by atoms with Crippen LogP contribution in [0.25, 0.3) is 0 Å². The Balaban J connectivity index is 1.98. The molecule has 0 radical (unpaired) electrons. The van der Waals surface area contributed by atoms with E-state index in [1.54, 1.807) is 38.3 Å². The molecule has 2 atom stereocenters. The first kappa shape index (κ1) is 22.0. The van der Waals surface area contributed by atoms with Gasteiger partial charge in [0.15, 0.2) is 5.78 Å². The van der Waals surface area contributed by atoms with E-state index in [1.165, 1.54) is 18.2 Å². The number of hydrogen-bond donors (Lipinski definition) is 1. The fourth-order valence-electron chi connectivity index (χ4n) is 3.69. The van der Waals surface area contributed by atoms with Gasteiger partial charge in [-0.05, 0) is 43.5 Å². The lowest BCUT2D eigenvalue weighted by molar-refractivity contribution is -0.384. The number of methoxy groups -OCH3 is 1. The Morgan fingerprint density at radius 1 is 1.26 bits per heavy atom. The zero-order valence-corrected chi connectivity index (χ0v) is 17.6. The lowest BCUT2D eigenvalue weighted by Crippen LogP contribution is -2.35. The molecule has 8 nitrogen and oxygen atoms in total. The summed E-state index contributed by atoms with van der Waals surface area (Å²) in [5.74, 6) is -1.76. The number of ether oxygens (including phenoxy) is 2. The highest BCUT2D eigenvalue weighted by Gasteiger charge is 2.39.